The molecule has 1 aromatic carbocycles. The third-order valence-electron chi connectivity index (χ3n) is 3.63. The summed E-state index contributed by atoms with van der Waals surface area (Å²) >= 11 is 0. The minimum Gasteiger partial charge on any atom is -0.314 e. The average molecular weight is 343 g/mol. The first kappa shape index (κ1) is 17.0. The van der Waals surface area contributed by atoms with Gasteiger partial charge in [-0.1, -0.05) is 18.2 Å². The van der Waals surface area contributed by atoms with Crippen molar-refractivity contribution in [3.63, 3.8) is 0 Å². The summed E-state index contributed by atoms with van der Waals surface area (Å²) in [6.45, 7) is 3.74. The fraction of sp³-hybridized carbons (Fsp3) is 0.357. The number of sulfonamides is 1. The van der Waals surface area contributed by atoms with Crippen LogP contribution in [0.1, 0.15) is 6.92 Å². The van der Waals surface area contributed by atoms with E-state index in [-0.39, 0.29) is 23.3 Å². The topological polar surface area (TPSA) is 67.2 Å². The van der Waals surface area contributed by atoms with Crippen molar-refractivity contribution in [2.75, 3.05) is 19.6 Å². The van der Waals surface area contributed by atoms with Crippen molar-refractivity contribution < 1.29 is 8.42 Å². The SMILES string of the molecule is CC1CNCCN1S(=O)(=O)c1cnn(-c2ccccc2)c1.Cl. The Bertz CT molecular complexity index is 717. The van der Waals surface area contributed by atoms with Crippen LogP contribution in [0.2, 0.25) is 0 Å². The second-order valence-electron chi connectivity index (χ2n) is 5.13. The number of aromatic nitrogens is 2. The van der Waals surface area contributed by atoms with Crippen LogP contribution in [0.4, 0.5) is 0 Å². The fourth-order valence-electron chi connectivity index (χ4n) is 2.48. The van der Waals surface area contributed by atoms with Crippen LogP contribution in [0.3, 0.4) is 0 Å². The molecule has 1 atom stereocenters. The minimum atomic E-state index is -3.49. The summed E-state index contributed by atoms with van der Waals surface area (Å²) in [6, 6.07) is 9.41. The largest absolute Gasteiger partial charge is 0.314 e. The molecule has 120 valence electrons. The van der Waals surface area contributed by atoms with Crippen molar-refractivity contribution in [2.24, 2.45) is 0 Å². The Morgan fingerprint density at radius 2 is 2.00 bits per heavy atom. The molecule has 3 rings (SSSR count). The molecule has 22 heavy (non-hydrogen) atoms. The number of rotatable bonds is 3. The molecule has 0 radical (unpaired) electrons. The van der Waals surface area contributed by atoms with Crippen LogP contribution < -0.4 is 5.32 Å². The van der Waals surface area contributed by atoms with Gasteiger partial charge < -0.3 is 5.32 Å². The second-order valence-corrected chi connectivity index (χ2v) is 7.02. The molecular formula is C14H19ClN4O2S. The lowest BCUT2D eigenvalue weighted by atomic mass is 10.3. The Balaban J connectivity index is 0.00000176. The van der Waals surface area contributed by atoms with Gasteiger partial charge in [-0.3, -0.25) is 0 Å². The van der Waals surface area contributed by atoms with Gasteiger partial charge in [-0.25, -0.2) is 13.1 Å². The fourth-order valence-corrected chi connectivity index (χ4v) is 4.04. The highest BCUT2D eigenvalue weighted by atomic mass is 35.5. The summed E-state index contributed by atoms with van der Waals surface area (Å²) in [4.78, 5) is 0.236. The molecule has 1 aliphatic heterocycles. The van der Waals surface area contributed by atoms with Crippen molar-refractivity contribution in [1.29, 1.82) is 0 Å². The average Bonchev–Trinajstić information content (AvgIpc) is 2.99. The molecule has 1 aromatic heterocycles. The zero-order valence-corrected chi connectivity index (χ0v) is 13.8. The summed E-state index contributed by atoms with van der Waals surface area (Å²) < 4.78 is 28.5. The van der Waals surface area contributed by atoms with Crippen molar-refractivity contribution in [3.05, 3.63) is 42.7 Å². The van der Waals surface area contributed by atoms with Crippen molar-refractivity contribution >= 4 is 22.4 Å². The molecule has 2 heterocycles. The zero-order valence-electron chi connectivity index (χ0n) is 12.2. The van der Waals surface area contributed by atoms with Crippen LogP contribution in [0.15, 0.2) is 47.6 Å². The van der Waals surface area contributed by atoms with Crippen LogP contribution in [0.25, 0.3) is 5.69 Å². The van der Waals surface area contributed by atoms with E-state index < -0.39 is 10.0 Å². The maximum atomic E-state index is 12.7. The van der Waals surface area contributed by atoms with Gasteiger partial charge in [0.05, 0.1) is 18.1 Å². The Kier molecular flexibility index (Phi) is 5.23. The molecule has 1 unspecified atom stereocenters. The molecule has 0 bridgehead atoms. The van der Waals surface area contributed by atoms with E-state index in [1.54, 1.807) is 10.9 Å². The highest BCUT2D eigenvalue weighted by Gasteiger charge is 2.31. The van der Waals surface area contributed by atoms with Gasteiger partial charge in [0.1, 0.15) is 4.90 Å². The number of para-hydroxylation sites is 1. The number of piperazine rings is 1. The predicted octanol–water partition coefficient (Wildman–Crippen LogP) is 1.28. The van der Waals surface area contributed by atoms with E-state index in [9.17, 15) is 8.42 Å². The summed E-state index contributed by atoms with van der Waals surface area (Å²) in [5, 5.41) is 7.36. The lowest BCUT2D eigenvalue weighted by Gasteiger charge is -2.32. The van der Waals surface area contributed by atoms with Crippen molar-refractivity contribution in [1.82, 2.24) is 19.4 Å². The van der Waals surface area contributed by atoms with E-state index in [1.165, 1.54) is 10.5 Å². The van der Waals surface area contributed by atoms with Gasteiger partial charge in [0.2, 0.25) is 10.0 Å². The molecule has 8 heteroatoms. The molecule has 0 spiro atoms. The number of hydrogen-bond donors (Lipinski definition) is 1. The maximum absolute atomic E-state index is 12.7. The van der Waals surface area contributed by atoms with Gasteiger partial charge >= 0.3 is 0 Å². The van der Waals surface area contributed by atoms with Crippen molar-refractivity contribution in [2.45, 2.75) is 17.9 Å². The molecule has 0 saturated carbocycles. The lowest BCUT2D eigenvalue weighted by Crippen LogP contribution is -2.52. The molecule has 1 fully saturated rings. The number of benzene rings is 1. The van der Waals surface area contributed by atoms with Gasteiger partial charge in [-0.15, -0.1) is 12.4 Å². The lowest BCUT2D eigenvalue weighted by molar-refractivity contribution is 0.284. The first-order valence-electron chi connectivity index (χ1n) is 6.92. The molecule has 1 N–H and O–H groups in total. The van der Waals surface area contributed by atoms with E-state index in [0.717, 1.165) is 5.69 Å². The quantitative estimate of drug-likeness (QED) is 0.912. The predicted molar refractivity (Wildman–Crippen MR) is 87.0 cm³/mol. The first-order valence-corrected chi connectivity index (χ1v) is 8.36. The molecule has 1 saturated heterocycles. The van der Waals surface area contributed by atoms with Gasteiger partial charge in [-0.05, 0) is 19.1 Å². The highest BCUT2D eigenvalue weighted by molar-refractivity contribution is 7.89. The summed E-state index contributed by atoms with van der Waals surface area (Å²) in [5.74, 6) is 0. The normalized spacial score (nSPS) is 19.6. The monoisotopic (exact) mass is 342 g/mol. The Morgan fingerprint density at radius 3 is 2.68 bits per heavy atom. The second kappa shape index (κ2) is 6.78. The molecule has 1 aliphatic rings. The molecule has 2 aromatic rings. The van der Waals surface area contributed by atoms with Gasteiger partial charge in [-0.2, -0.15) is 9.40 Å². The number of halogens is 1. The number of nitrogens with one attached hydrogen (secondary N) is 1. The standard InChI is InChI=1S/C14H18N4O2S.ClH/c1-12-9-15-7-8-18(12)21(19,20)14-10-16-17(11-14)13-5-3-2-4-6-13;/h2-6,10-12,15H,7-9H2,1H3;1H. The minimum absolute atomic E-state index is 0. The third kappa shape index (κ3) is 3.17. The van der Waals surface area contributed by atoms with Gasteiger partial charge in [0.25, 0.3) is 0 Å². The summed E-state index contributed by atoms with van der Waals surface area (Å²) in [6.07, 6.45) is 2.98. The van der Waals surface area contributed by atoms with Crippen LogP contribution in [0.5, 0.6) is 0 Å². The smallest absolute Gasteiger partial charge is 0.246 e. The summed E-state index contributed by atoms with van der Waals surface area (Å²) in [5.41, 5.74) is 0.840. The number of nitrogens with zero attached hydrogens (tertiary/aromatic N) is 3. The molecular weight excluding hydrogens is 324 g/mol. The van der Waals surface area contributed by atoms with Gasteiger partial charge in [0.15, 0.2) is 0 Å². The van der Waals surface area contributed by atoms with E-state index in [2.05, 4.69) is 10.4 Å². The molecule has 6 nitrogen and oxygen atoms in total. The third-order valence-corrected chi connectivity index (χ3v) is 5.59. The maximum Gasteiger partial charge on any atom is 0.246 e. The zero-order chi connectivity index (χ0) is 14.9. The Morgan fingerprint density at radius 1 is 1.27 bits per heavy atom. The van der Waals surface area contributed by atoms with E-state index in [4.69, 9.17) is 0 Å². The Labute approximate surface area is 136 Å². The number of hydrogen-bond acceptors (Lipinski definition) is 4. The van der Waals surface area contributed by atoms with Crippen LogP contribution >= 0.6 is 12.4 Å². The van der Waals surface area contributed by atoms with Crippen LogP contribution in [0, 0.1) is 0 Å². The van der Waals surface area contributed by atoms with E-state index in [0.29, 0.717) is 19.6 Å². The van der Waals surface area contributed by atoms with E-state index in [1.807, 2.05) is 37.3 Å². The first-order chi connectivity index (χ1) is 10.1. The van der Waals surface area contributed by atoms with E-state index >= 15 is 0 Å². The van der Waals surface area contributed by atoms with Gasteiger partial charge in [0, 0.05) is 25.7 Å². The molecule has 0 amide bonds. The summed E-state index contributed by atoms with van der Waals surface area (Å²) in [7, 11) is -3.49. The van der Waals surface area contributed by atoms with Crippen LogP contribution in [-0.2, 0) is 10.0 Å². The highest BCUT2D eigenvalue weighted by Crippen LogP contribution is 2.20. The Hall–Kier alpha value is -1.41. The van der Waals surface area contributed by atoms with Crippen LogP contribution in [-0.4, -0.2) is 48.2 Å². The van der Waals surface area contributed by atoms with Crippen molar-refractivity contribution in [3.8, 4) is 5.69 Å². The molecule has 0 aliphatic carbocycles.